The zero-order valence-electron chi connectivity index (χ0n) is 8.64. The average molecular weight is 235 g/mol. The summed E-state index contributed by atoms with van der Waals surface area (Å²) in [5.74, 6) is 0.383. The Kier molecular flexibility index (Phi) is 2.86. The van der Waals surface area contributed by atoms with Crippen molar-refractivity contribution in [3.63, 3.8) is 0 Å². The molecule has 2 aromatic rings. The molecule has 8 nitrogen and oxygen atoms in total. The second-order valence-electron chi connectivity index (χ2n) is 3.25. The van der Waals surface area contributed by atoms with Crippen LogP contribution in [0.25, 0.3) is 0 Å². The summed E-state index contributed by atoms with van der Waals surface area (Å²) in [6.45, 7) is 0.198. The molecule has 0 fully saturated rings. The van der Waals surface area contributed by atoms with E-state index in [2.05, 4.69) is 20.5 Å². The smallest absolute Gasteiger partial charge is 0.340 e. The van der Waals surface area contributed by atoms with E-state index in [0.717, 1.165) is 0 Å². The maximum Gasteiger partial charge on any atom is 0.340 e. The maximum atomic E-state index is 10.8. The molecule has 0 atom stereocenters. The second-order valence-corrected chi connectivity index (χ2v) is 3.25. The van der Waals surface area contributed by atoms with Crippen LogP contribution in [0.4, 0.5) is 11.4 Å². The van der Waals surface area contributed by atoms with Crippen LogP contribution in [0.3, 0.4) is 0 Å². The third-order valence-corrected chi connectivity index (χ3v) is 2.10. The molecule has 1 aromatic heterocycles. The Balaban J connectivity index is 2.14. The van der Waals surface area contributed by atoms with E-state index in [0.29, 0.717) is 11.5 Å². The van der Waals surface area contributed by atoms with Crippen LogP contribution in [-0.4, -0.2) is 20.1 Å². The fraction of sp³-hybridized carbons (Fsp3) is 0.111. The predicted octanol–water partition coefficient (Wildman–Crippen LogP) is 0.618. The molecular formula is C9H9N5O3. The number of nitrogens with zero attached hydrogens (tertiary/aromatic N) is 2. The van der Waals surface area contributed by atoms with E-state index in [1.807, 2.05) is 0 Å². The molecular weight excluding hydrogens is 226 g/mol. The molecule has 0 aliphatic carbocycles. The van der Waals surface area contributed by atoms with Gasteiger partial charge in [-0.15, -0.1) is 0 Å². The van der Waals surface area contributed by atoms with E-state index in [1.165, 1.54) is 6.07 Å². The number of aromatic amines is 2. The molecule has 1 heterocycles. The number of para-hydroxylation sites is 2. The van der Waals surface area contributed by atoms with Crippen LogP contribution in [0, 0.1) is 10.1 Å². The summed E-state index contributed by atoms with van der Waals surface area (Å²) in [6.07, 6.45) is 0. The highest BCUT2D eigenvalue weighted by molar-refractivity contribution is 5.60. The van der Waals surface area contributed by atoms with E-state index in [1.54, 1.807) is 18.2 Å². The van der Waals surface area contributed by atoms with Gasteiger partial charge in [-0.25, -0.2) is 9.89 Å². The van der Waals surface area contributed by atoms with Gasteiger partial charge < -0.3 is 5.32 Å². The number of nitrogens with one attached hydrogen (secondary N) is 3. The molecule has 0 saturated heterocycles. The molecule has 2 rings (SSSR count). The molecule has 1 aromatic carbocycles. The van der Waals surface area contributed by atoms with Gasteiger partial charge in [0.05, 0.1) is 11.5 Å². The molecule has 0 bridgehead atoms. The van der Waals surface area contributed by atoms with E-state index in [4.69, 9.17) is 0 Å². The van der Waals surface area contributed by atoms with Crippen molar-refractivity contribution in [1.29, 1.82) is 0 Å². The third-order valence-electron chi connectivity index (χ3n) is 2.10. The Hall–Kier alpha value is -2.64. The van der Waals surface area contributed by atoms with E-state index in [-0.39, 0.29) is 12.2 Å². The minimum Gasteiger partial charge on any atom is -0.372 e. The SMILES string of the molecule is O=c1[nH]nc(CNc2ccccc2[N+](=O)[O-])[nH]1. The summed E-state index contributed by atoms with van der Waals surface area (Å²) in [5, 5.41) is 19.4. The standard InChI is InChI=1S/C9H9N5O3/c15-9-11-8(12-13-9)5-10-6-3-1-2-4-7(6)14(16)17/h1-4,10H,5H2,(H2,11,12,13,15). The van der Waals surface area contributed by atoms with Gasteiger partial charge >= 0.3 is 5.69 Å². The molecule has 0 amide bonds. The lowest BCUT2D eigenvalue weighted by molar-refractivity contribution is -0.384. The quantitative estimate of drug-likeness (QED) is 0.530. The van der Waals surface area contributed by atoms with Crippen molar-refractivity contribution in [2.45, 2.75) is 6.54 Å². The first-order valence-corrected chi connectivity index (χ1v) is 4.77. The van der Waals surface area contributed by atoms with Crippen molar-refractivity contribution in [2.24, 2.45) is 0 Å². The number of anilines is 1. The summed E-state index contributed by atoms with van der Waals surface area (Å²) in [7, 11) is 0. The van der Waals surface area contributed by atoms with Gasteiger partial charge in [-0.3, -0.25) is 15.1 Å². The Morgan fingerprint density at radius 2 is 2.18 bits per heavy atom. The fourth-order valence-electron chi connectivity index (χ4n) is 1.35. The van der Waals surface area contributed by atoms with Crippen molar-refractivity contribution in [2.75, 3.05) is 5.32 Å². The number of H-pyrrole nitrogens is 2. The summed E-state index contributed by atoms with van der Waals surface area (Å²) >= 11 is 0. The number of hydrogen-bond donors (Lipinski definition) is 3. The second kappa shape index (κ2) is 4.47. The third kappa shape index (κ3) is 2.48. The number of aromatic nitrogens is 3. The zero-order chi connectivity index (χ0) is 12.3. The van der Waals surface area contributed by atoms with Crippen LogP contribution >= 0.6 is 0 Å². The number of nitro groups is 1. The fourth-order valence-corrected chi connectivity index (χ4v) is 1.35. The highest BCUT2D eigenvalue weighted by Crippen LogP contribution is 2.23. The van der Waals surface area contributed by atoms with Gasteiger partial charge in [-0.05, 0) is 6.07 Å². The monoisotopic (exact) mass is 235 g/mol. The molecule has 0 aliphatic heterocycles. The molecule has 0 spiro atoms. The Morgan fingerprint density at radius 1 is 1.41 bits per heavy atom. The Bertz CT molecular complexity index is 588. The summed E-state index contributed by atoms with van der Waals surface area (Å²) in [6, 6.07) is 6.25. The molecule has 0 radical (unpaired) electrons. The Labute approximate surface area is 94.8 Å². The minimum absolute atomic E-state index is 0.0228. The van der Waals surface area contributed by atoms with Gasteiger partial charge in [-0.2, -0.15) is 5.10 Å². The van der Waals surface area contributed by atoms with Crippen LogP contribution in [0.1, 0.15) is 5.82 Å². The first-order chi connectivity index (χ1) is 8.16. The highest BCUT2D eigenvalue weighted by Gasteiger charge is 2.11. The van der Waals surface area contributed by atoms with E-state index >= 15 is 0 Å². The first kappa shape index (κ1) is 10.9. The van der Waals surface area contributed by atoms with Crippen molar-refractivity contribution < 1.29 is 4.92 Å². The van der Waals surface area contributed by atoms with Crippen LogP contribution in [-0.2, 0) is 6.54 Å². The number of benzene rings is 1. The maximum absolute atomic E-state index is 10.8. The predicted molar refractivity (Wildman–Crippen MR) is 59.6 cm³/mol. The lowest BCUT2D eigenvalue weighted by atomic mass is 10.2. The molecule has 0 unspecified atom stereocenters. The molecule has 88 valence electrons. The Morgan fingerprint density at radius 3 is 2.82 bits per heavy atom. The van der Waals surface area contributed by atoms with Crippen LogP contribution in [0.15, 0.2) is 29.1 Å². The van der Waals surface area contributed by atoms with E-state index < -0.39 is 10.6 Å². The van der Waals surface area contributed by atoms with Crippen LogP contribution in [0.2, 0.25) is 0 Å². The lowest BCUT2D eigenvalue weighted by Gasteiger charge is -2.04. The summed E-state index contributed by atoms with van der Waals surface area (Å²) in [5.41, 5.74) is -0.0592. The molecule has 3 N–H and O–H groups in total. The van der Waals surface area contributed by atoms with Crippen molar-refractivity contribution >= 4 is 11.4 Å². The van der Waals surface area contributed by atoms with Crippen LogP contribution in [0.5, 0.6) is 0 Å². The van der Waals surface area contributed by atoms with Gasteiger partial charge in [0.1, 0.15) is 11.5 Å². The molecule has 0 aliphatic rings. The zero-order valence-corrected chi connectivity index (χ0v) is 8.64. The molecule has 17 heavy (non-hydrogen) atoms. The van der Waals surface area contributed by atoms with Crippen LogP contribution < -0.4 is 11.0 Å². The topological polar surface area (TPSA) is 117 Å². The number of rotatable bonds is 4. The van der Waals surface area contributed by atoms with Gasteiger partial charge in [-0.1, -0.05) is 12.1 Å². The van der Waals surface area contributed by atoms with Gasteiger partial charge in [0.25, 0.3) is 5.69 Å². The van der Waals surface area contributed by atoms with Crippen molar-refractivity contribution in [3.8, 4) is 0 Å². The highest BCUT2D eigenvalue weighted by atomic mass is 16.6. The normalized spacial score (nSPS) is 10.1. The lowest BCUT2D eigenvalue weighted by Crippen LogP contribution is -2.05. The molecule has 8 heteroatoms. The summed E-state index contributed by atoms with van der Waals surface area (Å²) < 4.78 is 0. The average Bonchev–Trinajstić information content (AvgIpc) is 2.73. The molecule has 0 saturated carbocycles. The van der Waals surface area contributed by atoms with Crippen molar-refractivity contribution in [3.05, 3.63) is 50.7 Å². The van der Waals surface area contributed by atoms with Gasteiger partial charge in [0.15, 0.2) is 0 Å². The largest absolute Gasteiger partial charge is 0.372 e. The van der Waals surface area contributed by atoms with E-state index in [9.17, 15) is 14.9 Å². The number of hydrogen-bond acceptors (Lipinski definition) is 5. The van der Waals surface area contributed by atoms with Gasteiger partial charge in [0.2, 0.25) is 0 Å². The first-order valence-electron chi connectivity index (χ1n) is 4.77. The summed E-state index contributed by atoms with van der Waals surface area (Å²) in [4.78, 5) is 23.5. The van der Waals surface area contributed by atoms with Crippen molar-refractivity contribution in [1.82, 2.24) is 15.2 Å². The van der Waals surface area contributed by atoms with Gasteiger partial charge in [0, 0.05) is 6.07 Å². The number of nitro benzene ring substituents is 1. The minimum atomic E-state index is -0.477.